The van der Waals surface area contributed by atoms with Gasteiger partial charge in [-0.05, 0) is 48.7 Å². The van der Waals surface area contributed by atoms with Gasteiger partial charge in [0.2, 0.25) is 5.91 Å². The van der Waals surface area contributed by atoms with Crippen molar-refractivity contribution in [2.24, 2.45) is 0 Å². The number of aryl methyl sites for hydroxylation is 1. The molecule has 272 valence electrons. The molecule has 6 aromatic rings. The lowest BCUT2D eigenvalue weighted by Crippen LogP contribution is -2.36. The molecule has 0 spiro atoms. The molecule has 0 unspecified atom stereocenters. The van der Waals surface area contributed by atoms with Crippen molar-refractivity contribution in [2.45, 2.75) is 39.3 Å². The van der Waals surface area contributed by atoms with E-state index in [-0.39, 0.29) is 36.1 Å². The van der Waals surface area contributed by atoms with Crippen molar-refractivity contribution in [1.82, 2.24) is 34.2 Å². The summed E-state index contributed by atoms with van der Waals surface area (Å²) in [6.07, 6.45) is 2.77. The summed E-state index contributed by atoms with van der Waals surface area (Å²) in [5, 5.41) is 16.0. The van der Waals surface area contributed by atoms with E-state index in [0.717, 1.165) is 11.1 Å². The number of unbranched alkanes of at least 4 members (excludes halogenated alkanes) is 1. The van der Waals surface area contributed by atoms with Gasteiger partial charge in [-0.2, -0.15) is 5.10 Å². The molecule has 3 N–H and O–H groups in total. The quantitative estimate of drug-likeness (QED) is 0.121. The van der Waals surface area contributed by atoms with Crippen LogP contribution < -0.4 is 11.3 Å². The highest BCUT2D eigenvalue weighted by atomic mass is 16.5. The number of benzene rings is 3. The first-order chi connectivity index (χ1) is 25.8. The summed E-state index contributed by atoms with van der Waals surface area (Å²) in [7, 11) is 3.22. The van der Waals surface area contributed by atoms with E-state index in [4.69, 9.17) is 25.3 Å². The number of hydrogen-bond acceptors (Lipinski definition) is 10. The highest BCUT2D eigenvalue weighted by molar-refractivity contribution is 5.98. The number of nitrogens with two attached hydrogens (primary N) is 1. The number of nitrogens with zero attached hydrogens (tertiary/aromatic N) is 7. The van der Waals surface area contributed by atoms with Crippen molar-refractivity contribution in [3.63, 3.8) is 0 Å². The summed E-state index contributed by atoms with van der Waals surface area (Å²) in [6, 6.07) is 20.1. The van der Waals surface area contributed by atoms with E-state index >= 15 is 0 Å². The summed E-state index contributed by atoms with van der Waals surface area (Å²) in [6.45, 7) is 4.28. The van der Waals surface area contributed by atoms with Crippen LogP contribution in [0.15, 0.2) is 77.9 Å². The number of phenolic OH excluding ortho intramolecular Hbond substituents is 1. The molecule has 3 heterocycles. The second-order valence-corrected chi connectivity index (χ2v) is 12.6. The molecular formula is C40H42N8O5. The first-order valence-corrected chi connectivity index (χ1v) is 17.4. The van der Waals surface area contributed by atoms with Gasteiger partial charge in [0.05, 0.1) is 36.0 Å². The summed E-state index contributed by atoms with van der Waals surface area (Å²) in [5.74, 6) is 7.18. The number of aromatic nitrogens is 6. The van der Waals surface area contributed by atoms with Gasteiger partial charge in [-0.3, -0.25) is 14.2 Å². The van der Waals surface area contributed by atoms with Gasteiger partial charge < -0.3 is 25.2 Å². The van der Waals surface area contributed by atoms with E-state index in [1.54, 1.807) is 52.6 Å². The van der Waals surface area contributed by atoms with Crippen LogP contribution in [-0.4, -0.2) is 85.7 Å². The summed E-state index contributed by atoms with van der Waals surface area (Å²) in [5.41, 5.74) is 10.8. The van der Waals surface area contributed by atoms with Gasteiger partial charge >= 0.3 is 0 Å². The summed E-state index contributed by atoms with van der Waals surface area (Å²) >= 11 is 0. The zero-order valence-electron chi connectivity index (χ0n) is 30.1. The first-order valence-electron chi connectivity index (χ1n) is 17.4. The molecule has 0 radical (unpaired) electrons. The van der Waals surface area contributed by atoms with Crippen LogP contribution in [0.3, 0.4) is 0 Å². The Morgan fingerprint density at radius 2 is 1.74 bits per heavy atom. The highest BCUT2D eigenvalue weighted by Gasteiger charge is 2.21. The van der Waals surface area contributed by atoms with Gasteiger partial charge in [-0.1, -0.05) is 54.3 Å². The SMILES string of the molecule is COCCN(CCOC)C(=O)CCCC#Cc1cccc2nc(Cn3nc(-c4cccc(O)c4)c4c(N)ncnc43)n(Cc3ccccc3C)c(=O)c12. The van der Waals surface area contributed by atoms with Crippen LogP contribution in [0.1, 0.15) is 41.8 Å². The number of rotatable bonds is 14. The lowest BCUT2D eigenvalue weighted by atomic mass is 10.1. The molecule has 0 atom stereocenters. The van der Waals surface area contributed by atoms with Crippen molar-refractivity contribution in [3.8, 4) is 28.8 Å². The van der Waals surface area contributed by atoms with Crippen LogP contribution in [-0.2, 0) is 27.4 Å². The molecule has 3 aromatic carbocycles. The van der Waals surface area contributed by atoms with E-state index in [1.165, 1.54) is 6.33 Å². The van der Waals surface area contributed by atoms with Crippen LogP contribution in [0.2, 0.25) is 0 Å². The molecule has 3 aromatic heterocycles. The third-order valence-electron chi connectivity index (χ3n) is 9.02. The van der Waals surface area contributed by atoms with Gasteiger partial charge in [0.25, 0.3) is 5.56 Å². The van der Waals surface area contributed by atoms with E-state index in [9.17, 15) is 14.7 Å². The third kappa shape index (κ3) is 8.35. The number of carbonyl (C=O) groups excluding carboxylic acids is 1. The fraction of sp³-hybridized carbons (Fsp3) is 0.300. The van der Waals surface area contributed by atoms with E-state index in [2.05, 4.69) is 21.8 Å². The van der Waals surface area contributed by atoms with Gasteiger partial charge in [0.1, 0.15) is 36.0 Å². The fourth-order valence-electron chi connectivity index (χ4n) is 6.19. The topological polar surface area (TPSA) is 164 Å². The lowest BCUT2D eigenvalue weighted by molar-refractivity contribution is -0.132. The number of amides is 1. The standard InChI is InChI=1S/C40H42N8O5/c1-27-11-7-8-13-30(27)24-47-33(25-48-39-36(38(41)42-26-43-39)37(45-48)29-15-9-16-31(49)23-29)44-32-17-10-14-28(35(32)40(47)51)12-5-4-6-18-34(50)46(19-21-52-2)20-22-53-3/h7-11,13-17,23,26,49H,4,6,18-22,24-25H2,1-3H3,(H2,41,42,43). The van der Waals surface area contributed by atoms with Crippen molar-refractivity contribution < 1.29 is 19.4 Å². The Hall–Kier alpha value is -6.10. The van der Waals surface area contributed by atoms with Crippen molar-refractivity contribution in [2.75, 3.05) is 46.3 Å². The smallest absolute Gasteiger partial charge is 0.263 e. The van der Waals surface area contributed by atoms with Crippen molar-refractivity contribution in [1.29, 1.82) is 0 Å². The minimum absolute atomic E-state index is 0.0232. The second kappa shape index (κ2) is 16.9. The van der Waals surface area contributed by atoms with Gasteiger partial charge in [-0.15, -0.1) is 0 Å². The Bertz CT molecular complexity index is 2370. The first kappa shape index (κ1) is 36.7. The monoisotopic (exact) mass is 714 g/mol. The normalized spacial score (nSPS) is 11.2. The third-order valence-corrected chi connectivity index (χ3v) is 9.02. The number of methoxy groups -OCH3 is 2. The fourth-order valence-corrected chi connectivity index (χ4v) is 6.19. The van der Waals surface area contributed by atoms with Crippen LogP contribution in [0.4, 0.5) is 5.82 Å². The Morgan fingerprint density at radius 3 is 2.49 bits per heavy atom. The van der Waals surface area contributed by atoms with Crippen LogP contribution >= 0.6 is 0 Å². The number of fused-ring (bicyclic) bond motifs is 2. The Morgan fingerprint density at radius 1 is 0.962 bits per heavy atom. The molecule has 6 rings (SSSR count). The van der Waals surface area contributed by atoms with Crippen LogP contribution in [0.5, 0.6) is 5.75 Å². The zero-order valence-corrected chi connectivity index (χ0v) is 30.1. The zero-order chi connectivity index (χ0) is 37.3. The number of ether oxygens (including phenoxy) is 2. The predicted molar refractivity (Wildman–Crippen MR) is 203 cm³/mol. The Kier molecular flexibility index (Phi) is 11.7. The summed E-state index contributed by atoms with van der Waals surface area (Å²) in [4.78, 5) is 42.9. The number of hydrogen-bond donors (Lipinski definition) is 2. The molecule has 0 aliphatic heterocycles. The molecule has 0 saturated carbocycles. The van der Waals surface area contributed by atoms with Crippen molar-refractivity contribution >= 4 is 33.7 Å². The molecular weight excluding hydrogens is 672 g/mol. The van der Waals surface area contributed by atoms with E-state index in [1.807, 2.05) is 49.4 Å². The van der Waals surface area contributed by atoms with Crippen LogP contribution in [0.25, 0.3) is 33.2 Å². The summed E-state index contributed by atoms with van der Waals surface area (Å²) < 4.78 is 13.6. The highest BCUT2D eigenvalue weighted by Crippen LogP contribution is 2.32. The number of nitrogen functional groups attached to an aromatic ring is 1. The maximum Gasteiger partial charge on any atom is 0.263 e. The van der Waals surface area contributed by atoms with Gasteiger partial charge in [0, 0.05) is 51.3 Å². The lowest BCUT2D eigenvalue weighted by Gasteiger charge is -2.21. The Labute approximate surface area is 307 Å². The number of anilines is 1. The molecule has 0 fully saturated rings. The number of carbonyl (C=O) groups is 1. The second-order valence-electron chi connectivity index (χ2n) is 12.6. The predicted octanol–water partition coefficient (Wildman–Crippen LogP) is 4.54. The maximum absolute atomic E-state index is 14.6. The molecule has 53 heavy (non-hydrogen) atoms. The average Bonchev–Trinajstić information content (AvgIpc) is 3.53. The molecule has 0 bridgehead atoms. The van der Waals surface area contributed by atoms with Crippen molar-refractivity contribution in [3.05, 3.63) is 106 Å². The maximum atomic E-state index is 14.6. The van der Waals surface area contributed by atoms with E-state index < -0.39 is 0 Å². The molecule has 0 aliphatic carbocycles. The number of aromatic hydroxyl groups is 1. The number of phenols is 1. The van der Waals surface area contributed by atoms with Gasteiger partial charge in [-0.25, -0.2) is 19.6 Å². The largest absolute Gasteiger partial charge is 0.508 e. The molecule has 1 amide bonds. The molecule has 13 heteroatoms. The Balaban J connectivity index is 1.36. The average molecular weight is 715 g/mol. The van der Waals surface area contributed by atoms with Gasteiger partial charge in [0.15, 0.2) is 5.65 Å². The minimum Gasteiger partial charge on any atom is -0.508 e. The molecule has 0 aliphatic rings. The molecule has 0 saturated heterocycles. The minimum atomic E-state index is -0.237. The van der Waals surface area contributed by atoms with E-state index in [0.29, 0.717) is 90.1 Å². The molecule has 13 nitrogen and oxygen atoms in total. The van der Waals surface area contributed by atoms with Crippen LogP contribution in [0, 0.1) is 18.8 Å².